The Morgan fingerprint density at radius 3 is 2.14 bits per heavy atom. The lowest BCUT2D eigenvalue weighted by molar-refractivity contribution is -0.141. The van der Waals surface area contributed by atoms with E-state index in [2.05, 4.69) is 11.0 Å². The highest BCUT2D eigenvalue weighted by molar-refractivity contribution is 5.53. The molecule has 1 heterocycles. The molecule has 1 saturated carbocycles. The zero-order valence-electron chi connectivity index (χ0n) is 22.5. The predicted molar refractivity (Wildman–Crippen MR) is 142 cm³/mol. The molecule has 4 nitrogen and oxygen atoms in total. The molecule has 0 radical (unpaired) electrons. The van der Waals surface area contributed by atoms with Crippen molar-refractivity contribution >= 4 is 5.69 Å². The van der Waals surface area contributed by atoms with Gasteiger partial charge in [-0.15, -0.1) is 0 Å². The van der Waals surface area contributed by atoms with Crippen LogP contribution in [0.5, 0.6) is 5.75 Å². The zero-order valence-corrected chi connectivity index (χ0v) is 22.5. The number of ether oxygens (including phenoxy) is 3. The molecule has 37 heavy (non-hydrogen) atoms. The van der Waals surface area contributed by atoms with Gasteiger partial charge >= 0.3 is 0 Å². The van der Waals surface area contributed by atoms with E-state index in [-0.39, 0.29) is 29.6 Å². The molecule has 0 spiro atoms. The number of rotatable bonds is 7. The van der Waals surface area contributed by atoms with Crippen LogP contribution in [0.2, 0.25) is 0 Å². The van der Waals surface area contributed by atoms with Crippen LogP contribution >= 0.6 is 0 Å². The van der Waals surface area contributed by atoms with Gasteiger partial charge in [-0.2, -0.15) is 0 Å². The summed E-state index contributed by atoms with van der Waals surface area (Å²) in [6, 6.07) is 9.18. The molecule has 0 N–H and O–H groups in total. The molecule has 2 aromatic rings. The van der Waals surface area contributed by atoms with Gasteiger partial charge in [0.1, 0.15) is 17.4 Å². The van der Waals surface area contributed by atoms with E-state index < -0.39 is 11.6 Å². The molecule has 2 unspecified atom stereocenters. The molecule has 2 aromatic carbocycles. The maximum absolute atomic E-state index is 16.0. The van der Waals surface area contributed by atoms with Crippen molar-refractivity contribution < 1.29 is 23.0 Å². The van der Waals surface area contributed by atoms with Crippen molar-refractivity contribution in [3.63, 3.8) is 0 Å². The third-order valence-corrected chi connectivity index (χ3v) is 9.24. The van der Waals surface area contributed by atoms with Crippen LogP contribution in [-0.4, -0.2) is 40.7 Å². The van der Waals surface area contributed by atoms with E-state index in [9.17, 15) is 0 Å². The zero-order chi connectivity index (χ0) is 25.9. The van der Waals surface area contributed by atoms with Crippen molar-refractivity contribution in [2.45, 2.75) is 70.0 Å². The van der Waals surface area contributed by atoms with Crippen molar-refractivity contribution in [2.75, 3.05) is 39.3 Å². The van der Waals surface area contributed by atoms with Crippen molar-refractivity contribution in [1.29, 1.82) is 0 Å². The third-order valence-electron chi connectivity index (χ3n) is 9.24. The van der Waals surface area contributed by atoms with Gasteiger partial charge in [0.25, 0.3) is 0 Å². The second-order valence-corrected chi connectivity index (χ2v) is 11.1. The van der Waals surface area contributed by atoms with Crippen molar-refractivity contribution in [3.05, 3.63) is 58.7 Å². The molecule has 202 valence electrons. The Bertz CT molecular complexity index is 1040. The Morgan fingerprint density at radius 1 is 0.838 bits per heavy atom. The number of nitrogens with zero attached hydrogens (tertiary/aromatic N) is 1. The van der Waals surface area contributed by atoms with Gasteiger partial charge in [-0.3, -0.25) is 0 Å². The number of halogens is 2. The molecule has 5 rings (SSSR count). The number of fused-ring (bicyclic) bond motifs is 1. The lowest BCUT2D eigenvalue weighted by Gasteiger charge is -2.41. The fourth-order valence-electron chi connectivity index (χ4n) is 7.35. The summed E-state index contributed by atoms with van der Waals surface area (Å²) in [6.45, 7) is 1.45. The third kappa shape index (κ3) is 5.37. The van der Waals surface area contributed by atoms with E-state index >= 15 is 8.78 Å². The summed E-state index contributed by atoms with van der Waals surface area (Å²) in [5.41, 5.74) is 3.11. The fraction of sp³-hybridized carbons (Fsp3) is 0.613. The first-order chi connectivity index (χ1) is 18.0. The number of benzene rings is 2. The van der Waals surface area contributed by atoms with E-state index in [4.69, 9.17) is 14.2 Å². The molecule has 1 saturated heterocycles. The fourth-order valence-corrected chi connectivity index (χ4v) is 7.35. The second kappa shape index (κ2) is 11.7. The summed E-state index contributed by atoms with van der Waals surface area (Å²) in [6.07, 6.45) is 9.41. The van der Waals surface area contributed by atoms with Crippen molar-refractivity contribution in [2.24, 2.45) is 17.8 Å². The molecule has 0 bridgehead atoms. The van der Waals surface area contributed by atoms with Crippen molar-refractivity contribution in [1.82, 2.24) is 0 Å². The highest BCUT2D eigenvalue weighted by atomic mass is 19.1. The van der Waals surface area contributed by atoms with Crippen LogP contribution in [0.25, 0.3) is 0 Å². The number of piperidine rings is 1. The summed E-state index contributed by atoms with van der Waals surface area (Å²) < 4.78 is 48.4. The molecular formula is C31H41F2NO3. The maximum Gasteiger partial charge on any atom is 0.159 e. The quantitative estimate of drug-likeness (QED) is 0.370. The van der Waals surface area contributed by atoms with Crippen LogP contribution in [0, 0.1) is 29.4 Å². The van der Waals surface area contributed by atoms with Gasteiger partial charge in [-0.1, -0.05) is 38.2 Å². The monoisotopic (exact) mass is 513 g/mol. The van der Waals surface area contributed by atoms with Crippen molar-refractivity contribution in [3.8, 4) is 5.75 Å². The number of hydrogen-bond donors (Lipinski definition) is 0. The first kappa shape index (κ1) is 26.4. The maximum atomic E-state index is 16.0. The van der Waals surface area contributed by atoms with Crippen LogP contribution in [0.4, 0.5) is 14.5 Å². The average Bonchev–Trinajstić information content (AvgIpc) is 2.94. The molecule has 1 aliphatic heterocycles. The Morgan fingerprint density at radius 2 is 1.51 bits per heavy atom. The molecule has 2 atom stereocenters. The van der Waals surface area contributed by atoms with E-state index in [1.54, 1.807) is 33.5 Å². The van der Waals surface area contributed by atoms with Crippen LogP contribution in [0.1, 0.15) is 74.0 Å². The lowest BCUT2D eigenvalue weighted by atomic mass is 9.64. The lowest BCUT2D eigenvalue weighted by Crippen LogP contribution is -2.39. The van der Waals surface area contributed by atoms with Crippen LogP contribution < -0.4 is 9.64 Å². The van der Waals surface area contributed by atoms with Crippen LogP contribution in [0.3, 0.4) is 0 Å². The number of anilines is 1. The van der Waals surface area contributed by atoms with Gasteiger partial charge in [0.15, 0.2) is 6.29 Å². The molecule has 0 amide bonds. The van der Waals surface area contributed by atoms with Crippen LogP contribution in [0.15, 0.2) is 30.3 Å². The number of methoxy groups -OCH3 is 3. The van der Waals surface area contributed by atoms with Gasteiger partial charge in [0.05, 0.1) is 7.11 Å². The topological polar surface area (TPSA) is 30.9 Å². The summed E-state index contributed by atoms with van der Waals surface area (Å²) in [7, 11) is 4.98. The minimum atomic E-state index is -0.418. The smallest absolute Gasteiger partial charge is 0.159 e. The van der Waals surface area contributed by atoms with E-state index in [0.29, 0.717) is 11.6 Å². The normalized spacial score (nSPS) is 23.4. The average molecular weight is 514 g/mol. The second-order valence-electron chi connectivity index (χ2n) is 11.1. The summed E-state index contributed by atoms with van der Waals surface area (Å²) in [5, 5.41) is 0. The minimum absolute atomic E-state index is 0.236. The largest absolute Gasteiger partial charge is 0.497 e. The molecule has 3 aliphatic rings. The Kier molecular flexibility index (Phi) is 8.35. The molecular weight excluding hydrogens is 472 g/mol. The first-order valence-electron chi connectivity index (χ1n) is 14.0. The Balaban J connectivity index is 1.46. The van der Waals surface area contributed by atoms with Gasteiger partial charge in [0, 0.05) is 50.4 Å². The highest BCUT2D eigenvalue weighted by Crippen LogP contribution is 2.50. The molecule has 0 aromatic heterocycles. The van der Waals surface area contributed by atoms with Gasteiger partial charge in [-0.05, 0) is 72.9 Å². The predicted octanol–water partition coefficient (Wildman–Crippen LogP) is 7.08. The van der Waals surface area contributed by atoms with Gasteiger partial charge in [0.2, 0.25) is 0 Å². The van der Waals surface area contributed by atoms with E-state index in [1.165, 1.54) is 19.3 Å². The first-order valence-corrected chi connectivity index (χ1v) is 14.0. The minimum Gasteiger partial charge on any atom is -0.497 e. The molecule has 2 fully saturated rings. The van der Waals surface area contributed by atoms with Gasteiger partial charge in [-0.25, -0.2) is 8.78 Å². The van der Waals surface area contributed by atoms with E-state index in [1.807, 2.05) is 12.1 Å². The standard InChI is InChI=1S/C31H41F2NO3/c1-35-24-10-12-26-22(17-24)9-11-25(20-7-5-4-6-8-20)29(26)30-27(32)18-23(19-28(30)33)34-15-13-21(14-16-34)31(36-2)37-3/h10,12,17-21,25,29,31H,4-9,11,13-16H2,1-3H3. The highest BCUT2D eigenvalue weighted by Gasteiger charge is 2.39. The molecule has 2 aliphatic carbocycles. The van der Waals surface area contributed by atoms with Gasteiger partial charge < -0.3 is 19.1 Å². The van der Waals surface area contributed by atoms with Crippen LogP contribution in [-0.2, 0) is 15.9 Å². The number of hydrogen-bond acceptors (Lipinski definition) is 4. The summed E-state index contributed by atoms with van der Waals surface area (Å²) in [5.74, 6) is 0.760. The Labute approximate surface area is 220 Å². The summed E-state index contributed by atoms with van der Waals surface area (Å²) in [4.78, 5) is 2.09. The number of aryl methyl sites for hydroxylation is 1. The summed E-state index contributed by atoms with van der Waals surface area (Å²) >= 11 is 0. The molecule has 6 heteroatoms. The van der Waals surface area contributed by atoms with E-state index in [0.717, 1.165) is 68.5 Å². The SMILES string of the molecule is COc1ccc2c(c1)CCC(C1CCCCC1)C2c1c(F)cc(N2CCC(C(OC)OC)CC2)cc1F. The Hall–Kier alpha value is -2.18.